The van der Waals surface area contributed by atoms with Gasteiger partial charge >= 0.3 is 31.1 Å². The fraction of sp³-hybridized carbons (Fsp3) is 0.778. The topological polar surface area (TPSA) is 98.8 Å². The number of rotatable bonds is 5. The third-order valence-electron chi connectivity index (χ3n) is 2.39. The van der Waals surface area contributed by atoms with Crippen molar-refractivity contribution in [2.75, 3.05) is 19.8 Å². The van der Waals surface area contributed by atoms with E-state index in [2.05, 4.69) is 41.6 Å². The lowest BCUT2D eigenvalue weighted by atomic mass is 10.6. The van der Waals surface area contributed by atoms with Gasteiger partial charge in [0.1, 0.15) is 6.67 Å². The van der Waals surface area contributed by atoms with Crippen LogP contribution < -0.4 is 9.55 Å². The van der Waals surface area contributed by atoms with Crippen molar-refractivity contribution in [1.29, 1.82) is 0 Å². The molecule has 0 saturated heterocycles. The number of halogens is 6. The molecule has 0 bridgehead atoms. The third-order valence-corrected chi connectivity index (χ3v) is 5.36. The zero-order valence-electron chi connectivity index (χ0n) is 12.9. The molecule has 1 aliphatic heterocycles. The van der Waals surface area contributed by atoms with Crippen LogP contribution in [0.1, 0.15) is 13.8 Å². The van der Waals surface area contributed by atoms with Crippen LogP contribution in [0.2, 0.25) is 0 Å². The van der Waals surface area contributed by atoms with Gasteiger partial charge in [-0.3, -0.25) is 5.01 Å². The molecule has 1 rings (SSSR count). The molecule has 0 atom stereocenters. The molecule has 150 valence electrons. The van der Waals surface area contributed by atoms with Crippen LogP contribution in [0.3, 0.4) is 0 Å². The Morgan fingerprint density at radius 3 is 1.64 bits per heavy atom. The molecule has 25 heavy (non-hydrogen) atoms. The second-order valence-corrected chi connectivity index (χ2v) is 7.91. The van der Waals surface area contributed by atoms with Crippen LogP contribution in [-0.2, 0) is 20.0 Å². The molecule has 2 N–H and O–H groups in total. The monoisotopic (exact) mass is 422 g/mol. The highest BCUT2D eigenvalue weighted by atomic mass is 32.3. The zero-order chi connectivity index (χ0) is 20.1. The van der Waals surface area contributed by atoms with Gasteiger partial charge in [-0.25, -0.2) is 22.3 Å². The van der Waals surface area contributed by atoms with E-state index in [-0.39, 0.29) is 0 Å². The number of nitrogens with zero attached hydrogens (tertiary/aromatic N) is 2. The Kier molecular flexibility index (Phi) is 7.99. The molecule has 0 unspecified atom stereocenters. The van der Waals surface area contributed by atoms with Crippen molar-refractivity contribution in [3.63, 3.8) is 0 Å². The molecule has 0 saturated carbocycles. The molecule has 8 nitrogen and oxygen atoms in total. The van der Waals surface area contributed by atoms with Gasteiger partial charge in [0.2, 0.25) is 0 Å². The van der Waals surface area contributed by atoms with Crippen LogP contribution in [0.4, 0.5) is 26.3 Å². The van der Waals surface area contributed by atoms with Crippen molar-refractivity contribution in [3.8, 4) is 0 Å². The molecule has 0 aromatic carbocycles. The highest BCUT2D eigenvalue weighted by Crippen LogP contribution is 2.27. The summed E-state index contributed by atoms with van der Waals surface area (Å²) in [6, 6.07) is 0. The first kappa shape index (κ1) is 23.7. The Balaban J connectivity index is 0.000000496. The van der Waals surface area contributed by atoms with Crippen molar-refractivity contribution in [1.82, 2.24) is 19.5 Å². The summed E-state index contributed by atoms with van der Waals surface area (Å²) in [6.45, 7) is 7.30. The van der Waals surface area contributed by atoms with E-state index in [9.17, 15) is 43.2 Å². The van der Waals surface area contributed by atoms with Crippen LogP contribution in [0.15, 0.2) is 12.4 Å². The summed E-state index contributed by atoms with van der Waals surface area (Å²) in [5, 5.41) is 2.09. The second kappa shape index (κ2) is 8.41. The number of hydrogen-bond acceptors (Lipinski definition) is 7. The average Bonchev–Trinajstić information content (AvgIpc) is 2.84. The number of nitrogens with one attached hydrogen (secondary N) is 2. The van der Waals surface area contributed by atoms with E-state index in [4.69, 9.17) is 0 Å². The van der Waals surface area contributed by atoms with Gasteiger partial charge in [0.15, 0.2) is 0 Å². The first-order chi connectivity index (χ1) is 11.1. The molecule has 0 spiro atoms. The average molecular weight is 422 g/mol. The Labute approximate surface area is 140 Å². The lowest BCUT2D eigenvalue weighted by Gasteiger charge is -2.19. The highest BCUT2D eigenvalue weighted by Gasteiger charge is 2.55. The summed E-state index contributed by atoms with van der Waals surface area (Å²) in [5.74, 6) is 0. The molecular weight excluding hydrogens is 406 g/mol. The largest absolute Gasteiger partial charge is 0.512 e. The maximum Gasteiger partial charge on any atom is 0.512 e. The van der Waals surface area contributed by atoms with Crippen LogP contribution in [0.5, 0.6) is 0 Å². The maximum absolute atomic E-state index is 11.5. The number of sulfonamides is 2. The van der Waals surface area contributed by atoms with Gasteiger partial charge in [-0.05, 0) is 6.92 Å². The van der Waals surface area contributed by atoms with Gasteiger partial charge in [-0.2, -0.15) is 26.3 Å². The summed E-state index contributed by atoms with van der Waals surface area (Å²) in [7, 11) is -13.2. The predicted molar refractivity (Wildman–Crippen MR) is 75.0 cm³/mol. The SMILES string of the molecule is CCNN1C=CN(CC)C1.O=S(=O)(NS(=O)(=O)C(F)(F)F)C(F)(F)F. The molecular formula is C9H16F6N4O4S2. The Morgan fingerprint density at radius 2 is 1.36 bits per heavy atom. The summed E-state index contributed by atoms with van der Waals surface area (Å²) < 4.78 is 108. The van der Waals surface area contributed by atoms with Crippen LogP contribution in [-0.4, -0.2) is 57.5 Å². The van der Waals surface area contributed by atoms with Gasteiger partial charge in [-0.15, -0.1) is 0 Å². The smallest absolute Gasteiger partial charge is 0.358 e. The van der Waals surface area contributed by atoms with E-state index < -0.39 is 35.2 Å². The standard InChI is InChI=1S/C7H15N3.C2HF6NO4S2/c1-3-8-10-6-5-9(4-2)7-10;3-1(4,5)14(10,11)9-15(12,13)2(6,7)8/h5-6,8H,3-4,7H2,1-2H3;9H. The zero-order valence-corrected chi connectivity index (χ0v) is 14.5. The summed E-state index contributed by atoms with van der Waals surface area (Å²) in [5.41, 5.74) is -9.08. The molecule has 0 fully saturated rings. The quantitative estimate of drug-likeness (QED) is 0.634. The molecule has 0 radical (unpaired) electrons. The van der Waals surface area contributed by atoms with Crippen LogP contribution in [0, 0.1) is 0 Å². The number of hydrogen-bond donors (Lipinski definition) is 2. The van der Waals surface area contributed by atoms with Gasteiger partial charge < -0.3 is 4.90 Å². The summed E-state index contributed by atoms with van der Waals surface area (Å²) in [4.78, 5) is 2.24. The minimum atomic E-state index is -6.60. The molecule has 1 aliphatic rings. The van der Waals surface area contributed by atoms with Crippen molar-refractivity contribution < 1.29 is 43.2 Å². The molecule has 0 aliphatic carbocycles. The van der Waals surface area contributed by atoms with Crippen LogP contribution in [0.25, 0.3) is 0 Å². The fourth-order valence-corrected chi connectivity index (χ4v) is 3.13. The molecule has 0 aromatic heterocycles. The van der Waals surface area contributed by atoms with Crippen molar-refractivity contribution in [3.05, 3.63) is 12.4 Å². The van der Waals surface area contributed by atoms with Crippen LogP contribution >= 0.6 is 0 Å². The lowest BCUT2D eigenvalue weighted by Crippen LogP contribution is -2.45. The van der Waals surface area contributed by atoms with Gasteiger partial charge in [-0.1, -0.05) is 11.1 Å². The minimum Gasteiger partial charge on any atom is -0.358 e. The summed E-state index contributed by atoms with van der Waals surface area (Å²) >= 11 is 0. The minimum absolute atomic E-state index is 0.493. The Hall–Kier alpha value is -1.26. The van der Waals surface area contributed by atoms with Crippen molar-refractivity contribution in [2.24, 2.45) is 0 Å². The van der Waals surface area contributed by atoms with E-state index in [1.54, 1.807) is 0 Å². The third kappa shape index (κ3) is 7.25. The molecule has 0 aromatic rings. The maximum atomic E-state index is 11.5. The van der Waals surface area contributed by atoms with Crippen molar-refractivity contribution >= 4 is 20.0 Å². The van der Waals surface area contributed by atoms with Gasteiger partial charge in [0.25, 0.3) is 0 Å². The Bertz CT molecular complexity index is 617. The fourth-order valence-electron chi connectivity index (χ4n) is 1.21. The number of alkyl halides is 6. The molecule has 16 heteroatoms. The lowest BCUT2D eigenvalue weighted by molar-refractivity contribution is -0.0476. The Morgan fingerprint density at radius 1 is 0.920 bits per heavy atom. The van der Waals surface area contributed by atoms with Gasteiger partial charge in [0, 0.05) is 25.5 Å². The van der Waals surface area contributed by atoms with E-state index in [0.717, 1.165) is 19.8 Å². The second-order valence-electron chi connectivity index (χ2n) is 4.31. The van der Waals surface area contributed by atoms with E-state index in [1.807, 2.05) is 0 Å². The van der Waals surface area contributed by atoms with E-state index in [1.165, 1.54) is 0 Å². The molecule has 0 amide bonds. The van der Waals surface area contributed by atoms with Crippen molar-refractivity contribution in [2.45, 2.75) is 24.9 Å². The first-order valence-electron chi connectivity index (χ1n) is 6.41. The van der Waals surface area contributed by atoms with E-state index in [0.29, 0.717) is 0 Å². The number of hydrazine groups is 1. The van der Waals surface area contributed by atoms with E-state index >= 15 is 0 Å². The van der Waals surface area contributed by atoms with Gasteiger partial charge in [0.05, 0.1) is 0 Å². The summed E-state index contributed by atoms with van der Waals surface area (Å²) in [6.07, 6.45) is 4.16. The molecule has 1 heterocycles. The first-order valence-corrected chi connectivity index (χ1v) is 9.37. The predicted octanol–water partition coefficient (Wildman–Crippen LogP) is 0.852. The highest BCUT2D eigenvalue weighted by molar-refractivity contribution is 8.05. The normalized spacial score (nSPS) is 16.0.